The van der Waals surface area contributed by atoms with Crippen molar-refractivity contribution in [2.45, 2.75) is 49.2 Å². The van der Waals surface area contributed by atoms with Crippen molar-refractivity contribution in [1.82, 2.24) is 15.5 Å². The van der Waals surface area contributed by atoms with Crippen LogP contribution in [0.3, 0.4) is 0 Å². The van der Waals surface area contributed by atoms with Gasteiger partial charge in [0, 0.05) is 17.0 Å². The van der Waals surface area contributed by atoms with Gasteiger partial charge in [-0.3, -0.25) is 4.79 Å². The van der Waals surface area contributed by atoms with E-state index in [9.17, 15) is 4.79 Å². The summed E-state index contributed by atoms with van der Waals surface area (Å²) >= 11 is 4.68. The van der Waals surface area contributed by atoms with Crippen LogP contribution < -0.4 is 10.6 Å². The molecule has 0 saturated heterocycles. The van der Waals surface area contributed by atoms with Crippen molar-refractivity contribution in [3.05, 3.63) is 22.4 Å². The molecule has 0 spiro atoms. The van der Waals surface area contributed by atoms with E-state index in [2.05, 4.69) is 38.3 Å². The average molecular weight is 371 g/mol. The summed E-state index contributed by atoms with van der Waals surface area (Å²) in [5, 5.41) is 17.2. The Kier molecular flexibility index (Phi) is 6.43. The molecule has 8 heteroatoms. The van der Waals surface area contributed by atoms with Crippen molar-refractivity contribution in [2.75, 3.05) is 11.9 Å². The maximum atomic E-state index is 12.1. The molecule has 0 aliphatic rings. The number of nitrogens with one attached hydrogen (secondary N) is 2. The molecule has 2 aromatic heterocycles. The molecule has 0 saturated carbocycles. The van der Waals surface area contributed by atoms with E-state index in [1.54, 1.807) is 11.3 Å². The quantitative estimate of drug-likeness (QED) is 0.728. The first-order valence-corrected chi connectivity index (χ1v) is 9.99. The molecule has 126 valence electrons. The van der Waals surface area contributed by atoms with Crippen LogP contribution >= 0.6 is 34.4 Å². The van der Waals surface area contributed by atoms with Gasteiger partial charge >= 0.3 is 0 Å². The fourth-order valence-corrected chi connectivity index (χ4v) is 4.38. The number of carbonyl (C=O) groups is 1. The van der Waals surface area contributed by atoms with Crippen molar-refractivity contribution < 1.29 is 4.79 Å². The van der Waals surface area contributed by atoms with Gasteiger partial charge in [-0.25, -0.2) is 0 Å². The Hall–Kier alpha value is -1.12. The Morgan fingerprint density at radius 2 is 2.17 bits per heavy atom. The Labute approximate surface area is 149 Å². The minimum Gasteiger partial charge on any atom is -0.360 e. The molecule has 0 aliphatic heterocycles. The topological polar surface area (TPSA) is 66.9 Å². The largest absolute Gasteiger partial charge is 0.360 e. The molecular weight excluding hydrogens is 348 g/mol. The van der Waals surface area contributed by atoms with Gasteiger partial charge in [-0.2, -0.15) is 0 Å². The van der Waals surface area contributed by atoms with Crippen LogP contribution in [0, 0.1) is 0 Å². The molecular formula is C15H22N4OS3. The first kappa shape index (κ1) is 18.2. The van der Waals surface area contributed by atoms with Gasteiger partial charge in [0.2, 0.25) is 11.0 Å². The van der Waals surface area contributed by atoms with E-state index in [1.165, 1.54) is 28.0 Å². The summed E-state index contributed by atoms with van der Waals surface area (Å²) in [7, 11) is 0. The van der Waals surface area contributed by atoms with Gasteiger partial charge in [0.15, 0.2) is 4.34 Å². The number of nitrogens with zero attached hydrogens (tertiary/aromatic N) is 2. The lowest BCUT2D eigenvalue weighted by atomic mass is 10.1. The number of amides is 1. The third-order valence-corrected chi connectivity index (χ3v) is 5.78. The first-order valence-electron chi connectivity index (χ1n) is 7.42. The molecule has 0 aliphatic carbocycles. The van der Waals surface area contributed by atoms with E-state index in [4.69, 9.17) is 0 Å². The summed E-state index contributed by atoms with van der Waals surface area (Å²) in [6, 6.07) is 4.19. The number of rotatable bonds is 7. The molecule has 2 N–H and O–H groups in total. The lowest BCUT2D eigenvalue weighted by Crippen LogP contribution is -2.44. The summed E-state index contributed by atoms with van der Waals surface area (Å²) in [5.74, 6) is 0.0184. The third-order valence-electron chi connectivity index (χ3n) is 2.78. The first-order chi connectivity index (χ1) is 10.8. The Bertz CT molecular complexity index is 619. The molecule has 5 nitrogen and oxygen atoms in total. The highest BCUT2D eigenvalue weighted by Crippen LogP contribution is 2.29. The van der Waals surface area contributed by atoms with E-state index in [0.29, 0.717) is 0 Å². The second kappa shape index (κ2) is 8.12. The van der Waals surface area contributed by atoms with Crippen LogP contribution in [0.15, 0.2) is 21.9 Å². The third kappa shape index (κ3) is 6.48. The number of thiophene rings is 1. The van der Waals surface area contributed by atoms with Crippen molar-refractivity contribution in [1.29, 1.82) is 0 Å². The molecule has 0 fully saturated rings. The van der Waals surface area contributed by atoms with Crippen molar-refractivity contribution in [3.63, 3.8) is 0 Å². The number of anilines is 1. The van der Waals surface area contributed by atoms with Crippen LogP contribution in [-0.4, -0.2) is 33.4 Å². The highest BCUT2D eigenvalue weighted by atomic mass is 32.2. The normalized spacial score (nSPS) is 12.9. The summed E-state index contributed by atoms with van der Waals surface area (Å²) in [5.41, 5.74) is -0.221. The van der Waals surface area contributed by atoms with Gasteiger partial charge in [0.25, 0.3) is 0 Å². The zero-order chi connectivity index (χ0) is 16.9. The van der Waals surface area contributed by atoms with Crippen molar-refractivity contribution in [3.8, 4) is 0 Å². The van der Waals surface area contributed by atoms with Gasteiger partial charge in [-0.15, -0.1) is 21.5 Å². The minimum absolute atomic E-state index is 0.0184. The number of hydrogen-bond donors (Lipinski definition) is 2. The monoisotopic (exact) mass is 370 g/mol. The molecule has 0 bridgehead atoms. The molecule has 0 aromatic carbocycles. The molecule has 2 heterocycles. The second-order valence-electron chi connectivity index (χ2n) is 6.13. The molecule has 1 unspecified atom stereocenters. The SMILES string of the molecule is CC(Sc1nnc(NCCc2cccs2)s1)C(=O)NC(C)(C)C. The van der Waals surface area contributed by atoms with Gasteiger partial charge in [0.05, 0.1) is 5.25 Å². The van der Waals surface area contributed by atoms with Gasteiger partial charge < -0.3 is 10.6 Å². The van der Waals surface area contributed by atoms with Crippen LogP contribution in [0.25, 0.3) is 0 Å². The number of aromatic nitrogens is 2. The van der Waals surface area contributed by atoms with Crippen LogP contribution in [0.5, 0.6) is 0 Å². The zero-order valence-electron chi connectivity index (χ0n) is 13.8. The van der Waals surface area contributed by atoms with Crippen molar-refractivity contribution >= 4 is 45.5 Å². The van der Waals surface area contributed by atoms with Gasteiger partial charge in [-0.05, 0) is 45.6 Å². The standard InChI is InChI=1S/C15H22N4OS3/c1-10(12(20)17-15(2,3)4)22-14-19-18-13(23-14)16-8-7-11-6-5-9-21-11/h5-6,9-10H,7-8H2,1-4H3,(H,16,18)(H,17,20). The van der Waals surface area contributed by atoms with Gasteiger partial charge in [0.1, 0.15) is 0 Å². The average Bonchev–Trinajstić information content (AvgIpc) is 3.09. The Morgan fingerprint density at radius 3 is 2.83 bits per heavy atom. The smallest absolute Gasteiger partial charge is 0.233 e. The van der Waals surface area contributed by atoms with E-state index in [0.717, 1.165) is 22.4 Å². The lowest BCUT2D eigenvalue weighted by Gasteiger charge is -2.22. The van der Waals surface area contributed by atoms with E-state index in [-0.39, 0.29) is 16.7 Å². The van der Waals surface area contributed by atoms with Crippen molar-refractivity contribution in [2.24, 2.45) is 0 Å². The second-order valence-corrected chi connectivity index (χ2v) is 9.73. The van der Waals surface area contributed by atoms with E-state index >= 15 is 0 Å². The highest BCUT2D eigenvalue weighted by molar-refractivity contribution is 8.02. The molecule has 0 radical (unpaired) electrons. The zero-order valence-corrected chi connectivity index (χ0v) is 16.2. The molecule has 2 aromatic rings. The lowest BCUT2D eigenvalue weighted by molar-refractivity contribution is -0.121. The molecule has 1 amide bonds. The summed E-state index contributed by atoms with van der Waals surface area (Å²) < 4.78 is 0.806. The predicted octanol–water partition coefficient (Wildman–Crippen LogP) is 3.65. The van der Waals surface area contributed by atoms with E-state index < -0.39 is 0 Å². The maximum absolute atomic E-state index is 12.1. The Balaban J connectivity index is 1.78. The summed E-state index contributed by atoms with van der Waals surface area (Å²) in [6.07, 6.45) is 0.976. The maximum Gasteiger partial charge on any atom is 0.233 e. The minimum atomic E-state index is -0.221. The number of carbonyl (C=O) groups excluding carboxylic acids is 1. The van der Waals surface area contributed by atoms with Crippen LogP contribution in [-0.2, 0) is 11.2 Å². The van der Waals surface area contributed by atoms with Crippen LogP contribution in [0.1, 0.15) is 32.6 Å². The molecule has 2 rings (SSSR count). The summed E-state index contributed by atoms with van der Waals surface area (Å²) in [6.45, 7) is 8.64. The number of thioether (sulfide) groups is 1. The fourth-order valence-electron chi connectivity index (χ4n) is 1.75. The van der Waals surface area contributed by atoms with Crippen LogP contribution in [0.4, 0.5) is 5.13 Å². The van der Waals surface area contributed by atoms with E-state index in [1.807, 2.05) is 27.7 Å². The van der Waals surface area contributed by atoms with Crippen LogP contribution in [0.2, 0.25) is 0 Å². The molecule has 1 atom stereocenters. The van der Waals surface area contributed by atoms with Gasteiger partial charge in [-0.1, -0.05) is 29.2 Å². The number of hydrogen-bond acceptors (Lipinski definition) is 7. The summed E-state index contributed by atoms with van der Waals surface area (Å²) in [4.78, 5) is 13.4. The molecule has 23 heavy (non-hydrogen) atoms. The fraction of sp³-hybridized carbons (Fsp3) is 0.533. The predicted molar refractivity (Wildman–Crippen MR) is 99.6 cm³/mol. The highest BCUT2D eigenvalue weighted by Gasteiger charge is 2.21. The Morgan fingerprint density at radius 1 is 1.39 bits per heavy atom.